The molecule has 4 N–H and O–H groups in total. The fraction of sp³-hybridized carbons (Fsp3) is 0.200. The molecule has 0 bridgehead atoms. The summed E-state index contributed by atoms with van der Waals surface area (Å²) in [5, 5.41) is 23.6. The highest BCUT2D eigenvalue weighted by atomic mass is 16.6. The van der Waals surface area contributed by atoms with E-state index < -0.39 is 24.2 Å². The van der Waals surface area contributed by atoms with E-state index in [-0.39, 0.29) is 18.1 Å². The van der Waals surface area contributed by atoms with E-state index in [1.165, 1.54) is 30.8 Å². The third kappa shape index (κ3) is 6.03. The second-order valence-corrected chi connectivity index (χ2v) is 7.16. The van der Waals surface area contributed by atoms with Crippen LogP contribution in [-0.2, 0) is 14.3 Å². The van der Waals surface area contributed by atoms with E-state index in [2.05, 4.69) is 5.32 Å². The van der Waals surface area contributed by atoms with Crippen molar-refractivity contribution >= 4 is 28.5 Å². The molecule has 0 aliphatic rings. The van der Waals surface area contributed by atoms with Crippen LogP contribution in [0.25, 0.3) is 10.8 Å². The molecule has 0 spiro atoms. The number of hydrogen-bond donors (Lipinski definition) is 4. The maximum atomic E-state index is 12.9. The Morgan fingerprint density at radius 1 is 1.09 bits per heavy atom. The Morgan fingerprint density at radius 3 is 2.56 bits per heavy atom. The number of rotatable bonds is 9. The number of benzene rings is 3. The highest BCUT2D eigenvalue weighted by Gasteiger charge is 2.27. The third-order valence-corrected chi connectivity index (χ3v) is 5.00. The van der Waals surface area contributed by atoms with Crippen LogP contribution >= 0.6 is 0 Å². The molecule has 0 saturated carbocycles. The minimum absolute atomic E-state index is 0.157. The van der Waals surface area contributed by atoms with Crippen LogP contribution in [0.15, 0.2) is 72.8 Å². The lowest BCUT2D eigenvalue weighted by atomic mass is 10.0. The monoisotopic (exact) mass is 466 g/mol. The van der Waals surface area contributed by atoms with Gasteiger partial charge in [0.25, 0.3) is 5.91 Å². The number of nitrogens with one attached hydrogen (secondary N) is 2. The Labute approximate surface area is 196 Å². The van der Waals surface area contributed by atoms with Crippen molar-refractivity contribution in [2.45, 2.75) is 19.1 Å². The number of phenolic OH excluding ortho intramolecular Hbond substituents is 1. The summed E-state index contributed by atoms with van der Waals surface area (Å²) in [6.07, 6.45) is -0.307. The third-order valence-electron chi connectivity index (χ3n) is 5.00. The summed E-state index contributed by atoms with van der Waals surface area (Å²) in [4.78, 5) is 24.5. The molecule has 0 aliphatic carbocycles. The summed E-state index contributed by atoms with van der Waals surface area (Å²) in [5.41, 5.74) is 2.46. The average Bonchev–Trinajstić information content (AvgIpc) is 2.85. The Balaban J connectivity index is 1.93. The quantitative estimate of drug-likeness (QED) is 0.210. The molecule has 3 aromatic carbocycles. The van der Waals surface area contributed by atoms with E-state index in [1.807, 2.05) is 36.4 Å². The zero-order valence-corrected chi connectivity index (χ0v) is 18.7. The van der Waals surface area contributed by atoms with Gasteiger partial charge in [-0.05, 0) is 42.1 Å². The lowest BCUT2D eigenvalue weighted by Gasteiger charge is -2.26. The standard InChI is InChI=1S/C25H26N2O7/c1-3-33-22(13-14-23(29)27-31)24(17-11-12-21(32-2)20(28)15-17)34-25(30)26-19-10-6-8-16-7-4-5-9-18(16)19/h4-15,22,24,28,31H,3H2,1-2H3,(H,26,30)(H,27,29)/b14-13+/t22-,24-/m1/s1. The molecule has 3 aromatic rings. The fourth-order valence-electron chi connectivity index (χ4n) is 3.45. The first kappa shape index (κ1) is 24.6. The number of hydroxylamine groups is 1. The number of hydrogen-bond acceptors (Lipinski definition) is 7. The summed E-state index contributed by atoms with van der Waals surface area (Å²) in [7, 11) is 1.42. The van der Waals surface area contributed by atoms with Crippen LogP contribution in [0.1, 0.15) is 18.6 Å². The van der Waals surface area contributed by atoms with E-state index in [0.29, 0.717) is 11.3 Å². The first-order chi connectivity index (χ1) is 16.5. The number of anilines is 1. The molecule has 9 nitrogen and oxygen atoms in total. The molecule has 0 radical (unpaired) electrons. The van der Waals surface area contributed by atoms with Gasteiger partial charge < -0.3 is 19.3 Å². The zero-order valence-electron chi connectivity index (χ0n) is 18.7. The van der Waals surface area contributed by atoms with Gasteiger partial charge in [-0.1, -0.05) is 42.5 Å². The van der Waals surface area contributed by atoms with Crippen molar-refractivity contribution in [3.05, 3.63) is 78.4 Å². The molecule has 0 fully saturated rings. The maximum Gasteiger partial charge on any atom is 0.412 e. The van der Waals surface area contributed by atoms with Gasteiger partial charge in [0, 0.05) is 18.1 Å². The Morgan fingerprint density at radius 2 is 1.85 bits per heavy atom. The summed E-state index contributed by atoms with van der Waals surface area (Å²) < 4.78 is 16.5. The number of fused-ring (bicyclic) bond motifs is 1. The van der Waals surface area contributed by atoms with Crippen molar-refractivity contribution in [3.63, 3.8) is 0 Å². The molecular weight excluding hydrogens is 440 g/mol. The molecule has 34 heavy (non-hydrogen) atoms. The summed E-state index contributed by atoms with van der Waals surface area (Å²) in [6, 6.07) is 17.6. The minimum atomic E-state index is -1.05. The number of phenols is 1. The van der Waals surface area contributed by atoms with Gasteiger partial charge in [0.2, 0.25) is 0 Å². The largest absolute Gasteiger partial charge is 0.504 e. The highest BCUT2D eigenvalue weighted by Crippen LogP contribution is 2.33. The summed E-state index contributed by atoms with van der Waals surface area (Å²) >= 11 is 0. The van der Waals surface area contributed by atoms with Crippen LogP contribution in [0.5, 0.6) is 11.5 Å². The van der Waals surface area contributed by atoms with Crippen molar-refractivity contribution in [1.82, 2.24) is 5.48 Å². The average molecular weight is 466 g/mol. The number of amides is 2. The SMILES string of the molecule is CCO[C@H](/C=C/C(=O)NO)[C@H](OC(=O)Nc1cccc2ccccc12)c1ccc(OC)c(O)c1. The van der Waals surface area contributed by atoms with Crippen LogP contribution in [-0.4, -0.2) is 42.1 Å². The van der Waals surface area contributed by atoms with Gasteiger partial charge in [0.15, 0.2) is 17.6 Å². The van der Waals surface area contributed by atoms with Crippen molar-refractivity contribution in [2.24, 2.45) is 0 Å². The number of carbonyl (C=O) groups is 2. The normalized spacial score (nSPS) is 12.8. The molecule has 3 rings (SSSR count). The maximum absolute atomic E-state index is 12.9. The summed E-state index contributed by atoms with van der Waals surface area (Å²) in [5.74, 6) is -0.692. The summed E-state index contributed by atoms with van der Waals surface area (Å²) in [6.45, 7) is 1.98. The van der Waals surface area contributed by atoms with E-state index in [1.54, 1.807) is 19.1 Å². The lowest BCUT2D eigenvalue weighted by molar-refractivity contribution is -0.124. The number of carbonyl (C=O) groups excluding carboxylic acids is 2. The van der Waals surface area contributed by atoms with Crippen molar-refractivity contribution in [2.75, 3.05) is 19.0 Å². The van der Waals surface area contributed by atoms with Crippen LogP contribution in [0.4, 0.5) is 10.5 Å². The molecule has 0 aromatic heterocycles. The van der Waals surface area contributed by atoms with Gasteiger partial charge in [-0.2, -0.15) is 0 Å². The number of methoxy groups -OCH3 is 1. The molecule has 178 valence electrons. The van der Waals surface area contributed by atoms with E-state index in [9.17, 15) is 14.7 Å². The molecule has 0 aliphatic heterocycles. The Kier molecular flexibility index (Phi) is 8.44. The van der Waals surface area contributed by atoms with Gasteiger partial charge in [0.05, 0.1) is 12.8 Å². The van der Waals surface area contributed by atoms with Crippen molar-refractivity contribution in [1.29, 1.82) is 0 Å². The number of aromatic hydroxyl groups is 1. The van der Waals surface area contributed by atoms with Gasteiger partial charge in [-0.3, -0.25) is 15.3 Å². The second kappa shape index (κ2) is 11.7. The topological polar surface area (TPSA) is 126 Å². The first-order valence-electron chi connectivity index (χ1n) is 10.5. The van der Waals surface area contributed by atoms with Crippen LogP contribution < -0.4 is 15.5 Å². The van der Waals surface area contributed by atoms with Crippen molar-refractivity contribution < 1.29 is 34.1 Å². The molecule has 0 heterocycles. The van der Waals surface area contributed by atoms with Crippen LogP contribution in [0, 0.1) is 0 Å². The predicted octanol–water partition coefficient (Wildman–Crippen LogP) is 4.31. The van der Waals surface area contributed by atoms with Gasteiger partial charge in [-0.15, -0.1) is 0 Å². The zero-order chi connectivity index (χ0) is 24.5. The first-order valence-corrected chi connectivity index (χ1v) is 10.5. The molecule has 0 saturated heterocycles. The molecule has 9 heteroatoms. The smallest absolute Gasteiger partial charge is 0.412 e. The highest BCUT2D eigenvalue weighted by molar-refractivity contribution is 6.00. The lowest BCUT2D eigenvalue weighted by Crippen LogP contribution is -2.28. The van der Waals surface area contributed by atoms with Crippen LogP contribution in [0.2, 0.25) is 0 Å². The molecular formula is C25H26N2O7. The van der Waals surface area contributed by atoms with E-state index in [0.717, 1.165) is 16.8 Å². The Bertz CT molecular complexity index is 1170. The van der Waals surface area contributed by atoms with E-state index >= 15 is 0 Å². The molecule has 2 atom stereocenters. The van der Waals surface area contributed by atoms with Gasteiger partial charge in [-0.25, -0.2) is 10.3 Å². The van der Waals surface area contributed by atoms with Crippen LogP contribution in [0.3, 0.4) is 0 Å². The van der Waals surface area contributed by atoms with E-state index in [4.69, 9.17) is 19.4 Å². The molecule has 2 amide bonds. The second-order valence-electron chi connectivity index (χ2n) is 7.16. The predicted molar refractivity (Wildman–Crippen MR) is 126 cm³/mol. The van der Waals surface area contributed by atoms with Crippen molar-refractivity contribution in [3.8, 4) is 11.5 Å². The Hall–Kier alpha value is -4.08. The van der Waals surface area contributed by atoms with Gasteiger partial charge >= 0.3 is 6.09 Å². The fourth-order valence-corrected chi connectivity index (χ4v) is 3.45. The number of ether oxygens (including phenoxy) is 3. The molecule has 0 unspecified atom stereocenters. The minimum Gasteiger partial charge on any atom is -0.504 e. The van der Waals surface area contributed by atoms with Gasteiger partial charge in [0.1, 0.15) is 6.10 Å².